The topological polar surface area (TPSA) is 116 Å². The van der Waals surface area contributed by atoms with Crippen LogP contribution >= 0.6 is 11.3 Å². The number of primary sulfonamides is 1. The molecule has 0 radical (unpaired) electrons. The van der Waals surface area contributed by atoms with Crippen LogP contribution in [-0.4, -0.2) is 37.4 Å². The van der Waals surface area contributed by atoms with E-state index in [9.17, 15) is 13.2 Å². The zero-order valence-electron chi connectivity index (χ0n) is 17.5. The molecule has 0 saturated carbocycles. The summed E-state index contributed by atoms with van der Waals surface area (Å²) in [5.41, 5.74) is 3.53. The Morgan fingerprint density at radius 1 is 1.16 bits per heavy atom. The van der Waals surface area contributed by atoms with Crippen LogP contribution in [0.25, 0.3) is 16.2 Å². The molecule has 1 amide bonds. The van der Waals surface area contributed by atoms with Crippen molar-refractivity contribution in [2.75, 3.05) is 13.7 Å². The first-order valence-electron chi connectivity index (χ1n) is 9.79. The lowest BCUT2D eigenvalue weighted by atomic mass is 10.1. The highest BCUT2D eigenvalue weighted by Crippen LogP contribution is 2.28. The predicted molar refractivity (Wildman–Crippen MR) is 124 cm³/mol. The average molecular weight is 471 g/mol. The molecule has 166 valence electrons. The summed E-state index contributed by atoms with van der Waals surface area (Å²) in [5.74, 6) is 0.621. The Kier molecular flexibility index (Phi) is 6.00. The predicted octanol–water partition coefficient (Wildman–Crippen LogP) is 3.00. The van der Waals surface area contributed by atoms with Gasteiger partial charge in [0.15, 0.2) is 4.96 Å². The van der Waals surface area contributed by atoms with Crippen LogP contribution in [0, 0.1) is 6.92 Å². The third-order valence-electron chi connectivity index (χ3n) is 5.10. The molecule has 32 heavy (non-hydrogen) atoms. The number of amides is 1. The van der Waals surface area contributed by atoms with Crippen molar-refractivity contribution >= 4 is 32.2 Å². The first kappa shape index (κ1) is 22.0. The summed E-state index contributed by atoms with van der Waals surface area (Å²) in [5, 5.41) is 8.02. The fourth-order valence-corrected chi connectivity index (χ4v) is 4.85. The summed E-state index contributed by atoms with van der Waals surface area (Å²) in [6, 6.07) is 14.0. The number of nitrogens with zero attached hydrogens (tertiary/aromatic N) is 2. The molecule has 0 spiro atoms. The number of imidazole rings is 1. The first-order valence-corrected chi connectivity index (χ1v) is 12.2. The monoisotopic (exact) mass is 470 g/mol. The summed E-state index contributed by atoms with van der Waals surface area (Å²) >= 11 is 1.34. The van der Waals surface area contributed by atoms with Crippen molar-refractivity contribution in [1.82, 2.24) is 14.7 Å². The van der Waals surface area contributed by atoms with Crippen molar-refractivity contribution in [3.05, 3.63) is 70.9 Å². The van der Waals surface area contributed by atoms with Crippen molar-refractivity contribution in [3.8, 4) is 17.0 Å². The van der Waals surface area contributed by atoms with Gasteiger partial charge < -0.3 is 10.1 Å². The largest absolute Gasteiger partial charge is 0.497 e. The Bertz CT molecular complexity index is 1370. The molecule has 0 bridgehead atoms. The van der Waals surface area contributed by atoms with Gasteiger partial charge in [0.25, 0.3) is 5.91 Å². The number of fused-ring (bicyclic) bond motifs is 1. The number of carbonyl (C=O) groups is 1. The highest BCUT2D eigenvalue weighted by atomic mass is 32.2. The Labute approximate surface area is 189 Å². The molecule has 0 aliphatic rings. The van der Waals surface area contributed by atoms with Crippen LogP contribution < -0.4 is 15.2 Å². The lowest BCUT2D eigenvalue weighted by molar-refractivity contribution is 0.0957. The number of thiazole rings is 1. The fraction of sp³-hybridized carbons (Fsp3) is 0.182. The molecular weight excluding hydrogens is 448 g/mol. The number of benzene rings is 2. The Balaban J connectivity index is 1.42. The van der Waals surface area contributed by atoms with E-state index in [1.807, 2.05) is 41.8 Å². The smallest absolute Gasteiger partial charge is 0.263 e. The molecule has 8 nitrogen and oxygen atoms in total. The molecule has 0 unspecified atom stereocenters. The minimum absolute atomic E-state index is 0.0665. The van der Waals surface area contributed by atoms with Crippen molar-refractivity contribution < 1.29 is 17.9 Å². The Morgan fingerprint density at radius 2 is 1.84 bits per heavy atom. The fourth-order valence-electron chi connectivity index (χ4n) is 3.31. The molecule has 4 rings (SSSR count). The number of aryl methyl sites for hydroxylation is 1. The van der Waals surface area contributed by atoms with Crippen molar-refractivity contribution in [3.63, 3.8) is 0 Å². The zero-order chi connectivity index (χ0) is 22.9. The number of nitrogens with one attached hydrogen (secondary N) is 1. The minimum Gasteiger partial charge on any atom is -0.497 e. The molecule has 2 heterocycles. The standard InChI is InChI=1S/C22H22N4O4S2/c1-14-20(21(27)24-12-11-15-3-9-18(10-4-15)32(23,28)29)31-22-25-19(13-26(14)22)16-5-7-17(30-2)8-6-16/h3-10,13H,11-12H2,1-2H3,(H,24,27)(H2,23,28,29). The van der Waals surface area contributed by atoms with E-state index in [0.717, 1.165) is 33.2 Å². The van der Waals surface area contributed by atoms with E-state index in [1.165, 1.54) is 23.5 Å². The second-order valence-corrected chi connectivity index (χ2v) is 9.76. The number of methoxy groups -OCH3 is 1. The highest BCUT2D eigenvalue weighted by Gasteiger charge is 2.18. The van der Waals surface area contributed by atoms with Crippen LogP contribution in [0.5, 0.6) is 5.75 Å². The van der Waals surface area contributed by atoms with Gasteiger partial charge >= 0.3 is 0 Å². The summed E-state index contributed by atoms with van der Waals surface area (Å²) in [7, 11) is -2.08. The van der Waals surface area contributed by atoms with Gasteiger partial charge in [0, 0.05) is 24.0 Å². The van der Waals surface area contributed by atoms with Crippen molar-refractivity contribution in [1.29, 1.82) is 0 Å². The summed E-state index contributed by atoms with van der Waals surface area (Å²) in [6.45, 7) is 2.31. The van der Waals surface area contributed by atoms with E-state index in [1.54, 1.807) is 19.2 Å². The molecule has 2 aromatic heterocycles. The number of sulfonamides is 1. The van der Waals surface area contributed by atoms with E-state index >= 15 is 0 Å². The number of aromatic nitrogens is 2. The quantitative estimate of drug-likeness (QED) is 0.431. The SMILES string of the molecule is COc1ccc(-c2cn3c(C)c(C(=O)NCCc4ccc(S(N)(=O)=O)cc4)sc3n2)cc1. The Morgan fingerprint density at radius 3 is 2.44 bits per heavy atom. The van der Waals surface area contributed by atoms with E-state index < -0.39 is 10.0 Å². The average Bonchev–Trinajstić information content (AvgIpc) is 3.33. The number of hydrogen-bond donors (Lipinski definition) is 2. The summed E-state index contributed by atoms with van der Waals surface area (Å²) < 4.78 is 29.8. The van der Waals surface area contributed by atoms with Crippen LogP contribution in [0.1, 0.15) is 20.9 Å². The molecule has 0 aliphatic carbocycles. The van der Waals surface area contributed by atoms with Gasteiger partial charge in [0.2, 0.25) is 10.0 Å². The number of hydrogen-bond acceptors (Lipinski definition) is 6. The van der Waals surface area contributed by atoms with Crippen molar-refractivity contribution in [2.24, 2.45) is 5.14 Å². The van der Waals surface area contributed by atoms with Gasteiger partial charge in [-0.15, -0.1) is 0 Å². The van der Waals surface area contributed by atoms with Crippen LogP contribution in [0.2, 0.25) is 0 Å². The number of rotatable bonds is 7. The summed E-state index contributed by atoms with van der Waals surface area (Å²) in [4.78, 5) is 18.8. The van der Waals surface area contributed by atoms with E-state index in [0.29, 0.717) is 17.8 Å². The molecule has 4 aromatic rings. The Hall–Kier alpha value is -3.21. The van der Waals surface area contributed by atoms with Gasteiger partial charge in [0.1, 0.15) is 10.6 Å². The van der Waals surface area contributed by atoms with E-state index in [2.05, 4.69) is 10.3 Å². The normalized spacial score (nSPS) is 11.6. The van der Waals surface area contributed by atoms with Gasteiger partial charge in [-0.05, 0) is 55.3 Å². The van der Waals surface area contributed by atoms with Crippen molar-refractivity contribution in [2.45, 2.75) is 18.2 Å². The number of carbonyl (C=O) groups excluding carboxylic acids is 1. The third-order valence-corrected chi connectivity index (χ3v) is 7.18. The number of nitrogens with two attached hydrogens (primary N) is 1. The maximum atomic E-state index is 12.7. The lowest BCUT2D eigenvalue weighted by Crippen LogP contribution is -2.25. The molecule has 3 N–H and O–H groups in total. The molecule has 2 aromatic carbocycles. The lowest BCUT2D eigenvalue weighted by Gasteiger charge is -2.06. The molecular formula is C22H22N4O4S2. The third kappa shape index (κ3) is 4.52. The molecule has 0 aliphatic heterocycles. The highest BCUT2D eigenvalue weighted by molar-refractivity contribution is 7.89. The van der Waals surface area contributed by atoms with Crippen LogP contribution in [0.3, 0.4) is 0 Å². The maximum Gasteiger partial charge on any atom is 0.263 e. The van der Waals surface area contributed by atoms with Gasteiger partial charge in [-0.25, -0.2) is 18.5 Å². The molecule has 0 atom stereocenters. The van der Waals surface area contributed by atoms with E-state index in [-0.39, 0.29) is 10.8 Å². The van der Waals surface area contributed by atoms with Crippen LogP contribution in [-0.2, 0) is 16.4 Å². The van der Waals surface area contributed by atoms with Gasteiger partial charge in [0.05, 0.1) is 17.7 Å². The first-order chi connectivity index (χ1) is 15.3. The van der Waals surface area contributed by atoms with E-state index in [4.69, 9.17) is 9.88 Å². The van der Waals surface area contributed by atoms with Gasteiger partial charge in [-0.1, -0.05) is 23.5 Å². The zero-order valence-corrected chi connectivity index (χ0v) is 19.2. The van der Waals surface area contributed by atoms with Gasteiger partial charge in [-0.2, -0.15) is 0 Å². The maximum absolute atomic E-state index is 12.7. The van der Waals surface area contributed by atoms with Crippen LogP contribution in [0.4, 0.5) is 0 Å². The summed E-state index contributed by atoms with van der Waals surface area (Å²) in [6.07, 6.45) is 2.49. The second kappa shape index (κ2) is 8.73. The minimum atomic E-state index is -3.71. The molecule has 0 saturated heterocycles. The molecule has 10 heteroatoms. The number of ether oxygens (including phenoxy) is 1. The second-order valence-electron chi connectivity index (χ2n) is 7.22. The van der Waals surface area contributed by atoms with Crippen LogP contribution in [0.15, 0.2) is 59.6 Å². The van der Waals surface area contributed by atoms with Gasteiger partial charge in [-0.3, -0.25) is 9.20 Å². The molecule has 0 fully saturated rings.